The van der Waals surface area contributed by atoms with E-state index in [-0.39, 0.29) is 0 Å². The van der Waals surface area contributed by atoms with Gasteiger partial charge in [-0.2, -0.15) is 12.6 Å². The van der Waals surface area contributed by atoms with Gasteiger partial charge in [0.2, 0.25) is 0 Å². The summed E-state index contributed by atoms with van der Waals surface area (Å²) < 4.78 is 5.13. The molecule has 88 valence electrons. The Kier molecular flexibility index (Phi) is 3.64. The quantitative estimate of drug-likeness (QED) is 0.846. The highest BCUT2D eigenvalue weighted by molar-refractivity contribution is 7.79. The third-order valence-corrected chi connectivity index (χ3v) is 2.71. The average molecular weight is 246 g/mol. The number of methoxy groups -OCH3 is 1. The van der Waals surface area contributed by atoms with Gasteiger partial charge in [-0.05, 0) is 37.3 Å². The van der Waals surface area contributed by atoms with E-state index in [1.807, 2.05) is 37.3 Å². The number of ether oxygens (including phenoxy) is 1. The molecule has 0 N–H and O–H groups in total. The molecule has 0 atom stereocenters. The van der Waals surface area contributed by atoms with Crippen molar-refractivity contribution in [3.63, 3.8) is 0 Å². The summed E-state index contributed by atoms with van der Waals surface area (Å²) in [6.07, 6.45) is 0. The van der Waals surface area contributed by atoms with Crippen LogP contribution in [-0.2, 0) is 5.75 Å². The lowest BCUT2D eigenvalue weighted by atomic mass is 10.1. The smallest absolute Gasteiger partial charge is 0.138 e. The average Bonchev–Trinajstić information content (AvgIpc) is 2.38. The van der Waals surface area contributed by atoms with Crippen molar-refractivity contribution < 1.29 is 4.74 Å². The van der Waals surface area contributed by atoms with Crippen LogP contribution in [0, 0.1) is 6.92 Å². The van der Waals surface area contributed by atoms with Crippen molar-refractivity contribution in [3.8, 4) is 17.0 Å². The molecule has 3 nitrogen and oxygen atoms in total. The van der Waals surface area contributed by atoms with Crippen molar-refractivity contribution in [2.45, 2.75) is 12.7 Å². The summed E-state index contributed by atoms with van der Waals surface area (Å²) in [7, 11) is 1.66. The number of aryl methyl sites for hydroxylation is 1. The Morgan fingerprint density at radius 1 is 1.18 bits per heavy atom. The Balaban J connectivity index is 2.41. The summed E-state index contributed by atoms with van der Waals surface area (Å²) in [5.41, 5.74) is 2.93. The Hall–Kier alpha value is -1.55. The molecule has 4 heteroatoms. The summed E-state index contributed by atoms with van der Waals surface area (Å²) in [5, 5.41) is 0. The topological polar surface area (TPSA) is 35.0 Å². The van der Waals surface area contributed by atoms with Gasteiger partial charge in [0, 0.05) is 11.3 Å². The molecule has 0 spiro atoms. The predicted octanol–water partition coefficient (Wildman–Crippen LogP) is 2.89. The van der Waals surface area contributed by atoms with E-state index in [4.69, 9.17) is 4.74 Å². The van der Waals surface area contributed by atoms with E-state index in [9.17, 15) is 0 Å². The fourth-order valence-corrected chi connectivity index (χ4v) is 1.75. The van der Waals surface area contributed by atoms with Gasteiger partial charge < -0.3 is 4.74 Å². The van der Waals surface area contributed by atoms with Crippen molar-refractivity contribution in [2.24, 2.45) is 0 Å². The lowest BCUT2D eigenvalue weighted by Gasteiger charge is -2.05. The van der Waals surface area contributed by atoms with Crippen LogP contribution < -0.4 is 4.74 Å². The van der Waals surface area contributed by atoms with E-state index >= 15 is 0 Å². The molecule has 0 radical (unpaired) electrons. The van der Waals surface area contributed by atoms with Gasteiger partial charge in [0.15, 0.2) is 0 Å². The van der Waals surface area contributed by atoms with Crippen LogP contribution in [0.3, 0.4) is 0 Å². The van der Waals surface area contributed by atoms with Crippen molar-refractivity contribution in [2.75, 3.05) is 7.11 Å². The van der Waals surface area contributed by atoms with Crippen molar-refractivity contribution >= 4 is 12.6 Å². The summed E-state index contributed by atoms with van der Waals surface area (Å²) in [5.74, 6) is 2.14. The maximum atomic E-state index is 5.13. The lowest BCUT2D eigenvalue weighted by Crippen LogP contribution is -1.96. The maximum Gasteiger partial charge on any atom is 0.138 e. The maximum absolute atomic E-state index is 5.13. The SMILES string of the molecule is COc1ccc(-c2cc(C)nc(CS)n2)cc1. The number of aromatic nitrogens is 2. The minimum atomic E-state index is 0.546. The molecule has 0 fully saturated rings. The van der Waals surface area contributed by atoms with Crippen LogP contribution >= 0.6 is 12.6 Å². The van der Waals surface area contributed by atoms with Gasteiger partial charge in [-0.15, -0.1) is 0 Å². The molecule has 17 heavy (non-hydrogen) atoms. The number of thiol groups is 1. The molecule has 0 saturated heterocycles. The Morgan fingerprint density at radius 3 is 2.47 bits per heavy atom. The molecule has 0 unspecified atom stereocenters. The molecule has 2 aromatic rings. The number of hydrogen-bond acceptors (Lipinski definition) is 4. The first-order valence-electron chi connectivity index (χ1n) is 5.33. The predicted molar refractivity (Wildman–Crippen MR) is 71.4 cm³/mol. The third kappa shape index (κ3) is 2.77. The number of hydrogen-bond donors (Lipinski definition) is 1. The molecule has 0 amide bonds. The number of nitrogens with zero attached hydrogens (tertiary/aromatic N) is 2. The van der Waals surface area contributed by atoms with E-state index in [2.05, 4.69) is 22.6 Å². The molecule has 0 aliphatic carbocycles. The first-order valence-corrected chi connectivity index (χ1v) is 5.96. The van der Waals surface area contributed by atoms with Crippen LogP contribution in [0.5, 0.6) is 5.75 Å². The second-order valence-corrected chi connectivity index (χ2v) is 4.01. The largest absolute Gasteiger partial charge is 0.497 e. The Labute approximate surface area is 106 Å². The van der Waals surface area contributed by atoms with Crippen LogP contribution in [0.2, 0.25) is 0 Å². The zero-order valence-electron chi connectivity index (χ0n) is 9.84. The lowest BCUT2D eigenvalue weighted by molar-refractivity contribution is 0.415. The van der Waals surface area contributed by atoms with Gasteiger partial charge in [0.25, 0.3) is 0 Å². The van der Waals surface area contributed by atoms with Crippen molar-refractivity contribution in [1.82, 2.24) is 9.97 Å². The first-order chi connectivity index (χ1) is 8.22. The number of rotatable bonds is 3. The van der Waals surface area contributed by atoms with Crippen molar-refractivity contribution in [1.29, 1.82) is 0 Å². The molecule has 0 saturated carbocycles. The zero-order chi connectivity index (χ0) is 12.3. The van der Waals surface area contributed by atoms with E-state index in [1.54, 1.807) is 7.11 Å². The third-order valence-electron chi connectivity index (χ3n) is 2.43. The summed E-state index contributed by atoms with van der Waals surface area (Å²) >= 11 is 4.20. The van der Waals surface area contributed by atoms with Crippen molar-refractivity contribution in [3.05, 3.63) is 41.9 Å². The highest BCUT2D eigenvalue weighted by Gasteiger charge is 2.03. The molecular formula is C13H14N2OS. The second-order valence-electron chi connectivity index (χ2n) is 3.70. The molecule has 2 rings (SSSR count). The molecule has 1 heterocycles. The van der Waals surface area contributed by atoms with E-state index < -0.39 is 0 Å². The molecule has 0 aliphatic heterocycles. The number of benzene rings is 1. The molecule has 1 aromatic carbocycles. The van der Waals surface area contributed by atoms with Gasteiger partial charge >= 0.3 is 0 Å². The van der Waals surface area contributed by atoms with Gasteiger partial charge in [0.05, 0.1) is 18.6 Å². The van der Waals surface area contributed by atoms with Crippen LogP contribution in [0.25, 0.3) is 11.3 Å². The summed E-state index contributed by atoms with van der Waals surface area (Å²) in [6, 6.07) is 9.79. The monoisotopic (exact) mass is 246 g/mol. The minimum absolute atomic E-state index is 0.546. The molecular weight excluding hydrogens is 232 g/mol. The highest BCUT2D eigenvalue weighted by atomic mass is 32.1. The van der Waals surface area contributed by atoms with Gasteiger partial charge in [-0.3, -0.25) is 0 Å². The summed E-state index contributed by atoms with van der Waals surface area (Å²) in [4.78, 5) is 8.75. The second kappa shape index (κ2) is 5.19. The fourth-order valence-electron chi connectivity index (χ4n) is 1.61. The summed E-state index contributed by atoms with van der Waals surface area (Å²) in [6.45, 7) is 1.96. The first kappa shape index (κ1) is 11.9. The Bertz CT molecular complexity index is 511. The molecule has 0 bridgehead atoms. The normalized spacial score (nSPS) is 10.3. The highest BCUT2D eigenvalue weighted by Crippen LogP contribution is 2.21. The van der Waals surface area contributed by atoms with Gasteiger partial charge in [0.1, 0.15) is 11.6 Å². The zero-order valence-corrected chi connectivity index (χ0v) is 10.7. The van der Waals surface area contributed by atoms with E-state index in [0.717, 1.165) is 28.5 Å². The molecule has 0 aliphatic rings. The van der Waals surface area contributed by atoms with Crippen LogP contribution in [-0.4, -0.2) is 17.1 Å². The van der Waals surface area contributed by atoms with Crippen LogP contribution in [0.1, 0.15) is 11.5 Å². The van der Waals surface area contributed by atoms with E-state index in [1.165, 1.54) is 0 Å². The minimum Gasteiger partial charge on any atom is -0.497 e. The Morgan fingerprint density at radius 2 is 1.88 bits per heavy atom. The fraction of sp³-hybridized carbons (Fsp3) is 0.231. The van der Waals surface area contributed by atoms with Gasteiger partial charge in [-0.1, -0.05) is 0 Å². The van der Waals surface area contributed by atoms with Gasteiger partial charge in [-0.25, -0.2) is 9.97 Å². The molecule has 1 aromatic heterocycles. The standard InChI is InChI=1S/C13H14N2OS/c1-9-7-12(15-13(8-17)14-9)10-3-5-11(16-2)6-4-10/h3-7,17H,8H2,1-2H3. The van der Waals surface area contributed by atoms with E-state index in [0.29, 0.717) is 5.75 Å². The van der Waals surface area contributed by atoms with Crippen LogP contribution in [0.15, 0.2) is 30.3 Å². The van der Waals surface area contributed by atoms with Crippen LogP contribution in [0.4, 0.5) is 0 Å².